The molecule has 4 nitrogen and oxygen atoms in total. The summed E-state index contributed by atoms with van der Waals surface area (Å²) in [5.74, 6) is -0.175. The quantitative estimate of drug-likeness (QED) is 0.553. The van der Waals surface area contributed by atoms with Crippen molar-refractivity contribution < 1.29 is 4.79 Å². The van der Waals surface area contributed by atoms with Crippen molar-refractivity contribution in [1.82, 2.24) is 5.43 Å². The lowest BCUT2D eigenvalue weighted by Gasteiger charge is -2.14. The van der Waals surface area contributed by atoms with Crippen LogP contribution in [0.15, 0.2) is 65.1 Å². The summed E-state index contributed by atoms with van der Waals surface area (Å²) in [6.45, 7) is 1.81. The molecule has 1 amide bonds. The minimum atomic E-state index is -0.378. The number of thiophene rings is 1. The highest BCUT2D eigenvalue weighted by molar-refractivity contribution is 7.11. The minimum absolute atomic E-state index is 0.175. The molecule has 5 heteroatoms. The maximum Gasteiger partial charge on any atom is 0.262 e. The highest BCUT2D eigenvalue weighted by Gasteiger charge is 2.11. The second kappa shape index (κ2) is 7.07. The summed E-state index contributed by atoms with van der Waals surface area (Å²) in [4.78, 5) is 13.1. The molecule has 2 N–H and O–H groups in total. The van der Waals surface area contributed by atoms with Crippen LogP contribution in [0.2, 0.25) is 0 Å². The third kappa shape index (κ3) is 3.96. The van der Waals surface area contributed by atoms with Crippen LogP contribution in [-0.2, 0) is 4.79 Å². The van der Waals surface area contributed by atoms with E-state index in [0.717, 1.165) is 16.0 Å². The second-order valence-corrected chi connectivity index (χ2v) is 6.16. The fraction of sp³-hybridized carbons (Fsp3) is 0.111. The molecule has 3 rings (SSSR count). The first kappa shape index (κ1) is 15.2. The van der Waals surface area contributed by atoms with Gasteiger partial charge in [-0.1, -0.05) is 36.4 Å². The fourth-order valence-electron chi connectivity index (χ4n) is 2.22. The molecule has 0 bridgehead atoms. The molecule has 116 valence electrons. The van der Waals surface area contributed by atoms with E-state index in [2.05, 4.69) is 28.0 Å². The van der Waals surface area contributed by atoms with Gasteiger partial charge in [-0.15, -0.1) is 11.3 Å². The van der Waals surface area contributed by atoms with Gasteiger partial charge in [0.1, 0.15) is 6.04 Å². The van der Waals surface area contributed by atoms with Gasteiger partial charge in [0.25, 0.3) is 5.91 Å². The van der Waals surface area contributed by atoms with E-state index in [4.69, 9.17) is 0 Å². The average Bonchev–Trinajstić information content (AvgIpc) is 3.08. The Morgan fingerprint density at radius 1 is 1.13 bits per heavy atom. The van der Waals surface area contributed by atoms with E-state index >= 15 is 0 Å². The molecule has 0 aliphatic carbocycles. The summed E-state index contributed by atoms with van der Waals surface area (Å²) in [5.41, 5.74) is 3.46. The van der Waals surface area contributed by atoms with Gasteiger partial charge in [0.2, 0.25) is 0 Å². The van der Waals surface area contributed by atoms with Gasteiger partial charge >= 0.3 is 0 Å². The van der Waals surface area contributed by atoms with Crippen molar-refractivity contribution in [2.75, 3.05) is 5.32 Å². The van der Waals surface area contributed by atoms with Crippen LogP contribution in [0.25, 0.3) is 10.8 Å². The Morgan fingerprint density at radius 3 is 2.74 bits per heavy atom. The molecule has 0 saturated carbocycles. The van der Waals surface area contributed by atoms with Gasteiger partial charge in [0.05, 0.1) is 6.21 Å². The lowest BCUT2D eigenvalue weighted by atomic mass is 10.1. The number of hydrogen-bond acceptors (Lipinski definition) is 4. The lowest BCUT2D eigenvalue weighted by molar-refractivity contribution is -0.121. The first-order chi connectivity index (χ1) is 11.2. The normalized spacial score (nSPS) is 12.4. The number of hydrogen-bond donors (Lipinski definition) is 2. The van der Waals surface area contributed by atoms with E-state index in [1.807, 2.05) is 54.8 Å². The molecule has 0 saturated heterocycles. The predicted octanol–water partition coefficient (Wildman–Crippen LogP) is 3.85. The molecule has 3 aromatic rings. The van der Waals surface area contributed by atoms with Crippen molar-refractivity contribution >= 4 is 39.9 Å². The zero-order valence-corrected chi connectivity index (χ0v) is 13.5. The number of rotatable bonds is 5. The van der Waals surface area contributed by atoms with Crippen LogP contribution in [0.1, 0.15) is 11.8 Å². The first-order valence-corrected chi connectivity index (χ1v) is 8.22. The Morgan fingerprint density at radius 2 is 1.96 bits per heavy atom. The van der Waals surface area contributed by atoms with Crippen LogP contribution in [0.5, 0.6) is 0 Å². The number of amides is 1. The standard InChI is InChI=1S/C18H17N3OS/c1-13(18(22)21-19-12-17-7-4-10-23-17)20-16-9-8-14-5-2-3-6-15(14)11-16/h2-13,20H,1H3,(H,21,22)/b19-12-/t13-/m1/s1. The maximum absolute atomic E-state index is 12.1. The summed E-state index contributed by atoms with van der Waals surface area (Å²) in [6, 6.07) is 17.7. The van der Waals surface area contributed by atoms with Crippen molar-refractivity contribution in [1.29, 1.82) is 0 Å². The topological polar surface area (TPSA) is 53.5 Å². The van der Waals surface area contributed by atoms with Gasteiger partial charge in [-0.25, -0.2) is 5.43 Å². The molecule has 23 heavy (non-hydrogen) atoms. The number of anilines is 1. The lowest BCUT2D eigenvalue weighted by Crippen LogP contribution is -2.34. The van der Waals surface area contributed by atoms with Crippen LogP contribution in [0, 0.1) is 0 Å². The first-order valence-electron chi connectivity index (χ1n) is 7.34. The monoisotopic (exact) mass is 323 g/mol. The molecule has 0 aliphatic heterocycles. The van der Waals surface area contributed by atoms with Gasteiger partial charge in [-0.05, 0) is 41.3 Å². The SMILES string of the molecule is C[C@@H](Nc1ccc2ccccc2c1)C(=O)N/N=C\c1cccs1. The van der Waals surface area contributed by atoms with Crippen molar-refractivity contribution in [3.63, 3.8) is 0 Å². The largest absolute Gasteiger partial charge is 0.374 e. The highest BCUT2D eigenvalue weighted by atomic mass is 32.1. The molecule has 2 aromatic carbocycles. The third-order valence-corrected chi connectivity index (χ3v) is 4.24. The average molecular weight is 323 g/mol. The number of carbonyl (C=O) groups is 1. The third-order valence-electron chi connectivity index (χ3n) is 3.44. The zero-order chi connectivity index (χ0) is 16.1. The van der Waals surface area contributed by atoms with Crippen LogP contribution in [-0.4, -0.2) is 18.2 Å². The van der Waals surface area contributed by atoms with Crippen LogP contribution in [0.3, 0.4) is 0 Å². The molecular weight excluding hydrogens is 306 g/mol. The number of benzene rings is 2. The Hall–Kier alpha value is -2.66. The van der Waals surface area contributed by atoms with E-state index in [1.54, 1.807) is 17.6 Å². The van der Waals surface area contributed by atoms with Crippen molar-refractivity contribution in [2.45, 2.75) is 13.0 Å². The molecule has 0 unspecified atom stereocenters. The Kier molecular flexibility index (Phi) is 4.68. The zero-order valence-electron chi connectivity index (χ0n) is 12.7. The summed E-state index contributed by atoms with van der Waals surface area (Å²) in [6.07, 6.45) is 1.64. The summed E-state index contributed by atoms with van der Waals surface area (Å²) >= 11 is 1.57. The maximum atomic E-state index is 12.1. The van der Waals surface area contributed by atoms with Crippen molar-refractivity contribution in [3.8, 4) is 0 Å². The molecule has 1 heterocycles. The molecule has 0 spiro atoms. The fourth-order valence-corrected chi connectivity index (χ4v) is 2.80. The molecule has 1 atom stereocenters. The molecule has 0 fully saturated rings. The van der Waals surface area contributed by atoms with E-state index in [9.17, 15) is 4.79 Å². The molecule has 0 radical (unpaired) electrons. The van der Waals surface area contributed by atoms with Gasteiger partial charge < -0.3 is 5.32 Å². The van der Waals surface area contributed by atoms with E-state index in [1.165, 1.54) is 5.39 Å². The van der Waals surface area contributed by atoms with Crippen molar-refractivity contribution in [2.24, 2.45) is 5.10 Å². The Labute approximate surface area is 138 Å². The number of fused-ring (bicyclic) bond motifs is 1. The smallest absolute Gasteiger partial charge is 0.262 e. The van der Waals surface area contributed by atoms with Gasteiger partial charge in [-0.2, -0.15) is 5.10 Å². The van der Waals surface area contributed by atoms with Crippen LogP contribution >= 0.6 is 11.3 Å². The van der Waals surface area contributed by atoms with Gasteiger partial charge in [-0.3, -0.25) is 4.79 Å². The van der Waals surface area contributed by atoms with Crippen molar-refractivity contribution in [3.05, 3.63) is 64.9 Å². The summed E-state index contributed by atoms with van der Waals surface area (Å²) in [7, 11) is 0. The van der Waals surface area contributed by atoms with Crippen LogP contribution < -0.4 is 10.7 Å². The van der Waals surface area contributed by atoms with E-state index in [-0.39, 0.29) is 11.9 Å². The Bertz CT molecular complexity index is 827. The number of carbonyl (C=O) groups excluding carboxylic acids is 1. The van der Waals surface area contributed by atoms with Gasteiger partial charge in [0, 0.05) is 10.6 Å². The summed E-state index contributed by atoms with van der Waals surface area (Å²) < 4.78 is 0. The minimum Gasteiger partial charge on any atom is -0.374 e. The second-order valence-electron chi connectivity index (χ2n) is 5.18. The van der Waals surface area contributed by atoms with Gasteiger partial charge in [0.15, 0.2) is 0 Å². The van der Waals surface area contributed by atoms with Crippen LogP contribution in [0.4, 0.5) is 5.69 Å². The van der Waals surface area contributed by atoms with E-state index in [0.29, 0.717) is 0 Å². The highest BCUT2D eigenvalue weighted by Crippen LogP contribution is 2.19. The number of nitrogens with zero attached hydrogens (tertiary/aromatic N) is 1. The molecule has 0 aliphatic rings. The number of nitrogens with one attached hydrogen (secondary N) is 2. The molecule has 1 aromatic heterocycles. The predicted molar refractivity (Wildman–Crippen MR) is 97.1 cm³/mol. The number of hydrazone groups is 1. The Balaban J connectivity index is 1.60. The summed E-state index contributed by atoms with van der Waals surface area (Å²) in [5, 5.41) is 11.4. The molecular formula is C18H17N3OS. The van der Waals surface area contributed by atoms with E-state index < -0.39 is 0 Å².